The van der Waals surface area contributed by atoms with Crippen LogP contribution in [0.4, 0.5) is 5.69 Å². The summed E-state index contributed by atoms with van der Waals surface area (Å²) >= 11 is 1.56. The summed E-state index contributed by atoms with van der Waals surface area (Å²) in [5.74, 6) is 0.820. The Morgan fingerprint density at radius 1 is 1.21 bits per heavy atom. The minimum Gasteiger partial charge on any atom is -0.444 e. The van der Waals surface area contributed by atoms with Gasteiger partial charge in [-0.3, -0.25) is 0 Å². The van der Waals surface area contributed by atoms with Gasteiger partial charge in [0.1, 0.15) is 5.75 Å². The van der Waals surface area contributed by atoms with E-state index in [1.165, 1.54) is 0 Å². The van der Waals surface area contributed by atoms with Gasteiger partial charge in [0.25, 0.3) is 0 Å². The van der Waals surface area contributed by atoms with E-state index in [0.717, 1.165) is 15.7 Å². The fourth-order valence-corrected chi connectivity index (χ4v) is 1.98. The van der Waals surface area contributed by atoms with Crippen molar-refractivity contribution in [3.8, 4) is 10.8 Å². The van der Waals surface area contributed by atoms with Gasteiger partial charge in [-0.25, -0.2) is 0 Å². The lowest BCUT2D eigenvalue weighted by Gasteiger charge is -2.02. The van der Waals surface area contributed by atoms with Crippen LogP contribution < -0.4 is 10.5 Å². The third-order valence-corrected chi connectivity index (χ3v) is 2.75. The van der Waals surface area contributed by atoms with Crippen LogP contribution in [0, 0.1) is 6.92 Å². The van der Waals surface area contributed by atoms with Gasteiger partial charge < -0.3 is 10.5 Å². The fourth-order valence-electron chi connectivity index (χ4n) is 1.19. The summed E-state index contributed by atoms with van der Waals surface area (Å²) in [6, 6.07) is 11.6. The highest BCUT2D eigenvalue weighted by Gasteiger charge is 2.05. The summed E-state index contributed by atoms with van der Waals surface area (Å²) in [5, 5.41) is 0.772. The number of rotatable bonds is 2. The molecule has 2 rings (SSSR count). The van der Waals surface area contributed by atoms with Crippen molar-refractivity contribution < 1.29 is 4.74 Å². The number of aryl methyl sites for hydroxylation is 1. The number of nitrogen functional groups attached to an aromatic ring is 1. The quantitative estimate of drug-likeness (QED) is 0.815. The van der Waals surface area contributed by atoms with E-state index in [0.29, 0.717) is 5.69 Å². The van der Waals surface area contributed by atoms with E-state index in [4.69, 9.17) is 10.5 Å². The molecule has 0 saturated carbocycles. The number of thiophene rings is 1. The molecule has 0 amide bonds. The maximum atomic E-state index is 5.77. The van der Waals surface area contributed by atoms with E-state index >= 15 is 0 Å². The molecule has 0 aliphatic carbocycles. The zero-order valence-electron chi connectivity index (χ0n) is 7.86. The lowest BCUT2D eigenvalue weighted by Crippen LogP contribution is -1.86. The molecule has 2 N–H and O–H groups in total. The second-order valence-electron chi connectivity index (χ2n) is 3.01. The molecular weight excluding hydrogens is 194 g/mol. The molecule has 0 aliphatic rings. The smallest absolute Gasteiger partial charge is 0.204 e. The molecular formula is C11H11NOS. The predicted molar refractivity (Wildman–Crippen MR) is 60.0 cm³/mol. The minimum atomic E-state index is 0.705. The first-order valence-corrected chi connectivity index (χ1v) is 5.16. The summed E-state index contributed by atoms with van der Waals surface area (Å²) in [6.45, 7) is 2.01. The normalized spacial score (nSPS) is 10.1. The molecule has 0 spiro atoms. The Hall–Kier alpha value is -1.48. The van der Waals surface area contributed by atoms with Crippen molar-refractivity contribution in [3.05, 3.63) is 41.3 Å². The van der Waals surface area contributed by atoms with Crippen molar-refractivity contribution in [2.45, 2.75) is 6.92 Å². The number of benzene rings is 1. The topological polar surface area (TPSA) is 35.2 Å². The molecule has 1 heterocycles. The highest BCUT2D eigenvalue weighted by atomic mass is 32.1. The van der Waals surface area contributed by atoms with Gasteiger partial charge in [-0.05, 0) is 25.1 Å². The highest BCUT2D eigenvalue weighted by molar-refractivity contribution is 7.14. The molecule has 0 unspecified atom stereocenters. The molecule has 2 aromatic rings. The molecule has 0 radical (unpaired) electrons. The average molecular weight is 205 g/mol. The van der Waals surface area contributed by atoms with Crippen LogP contribution in [0.3, 0.4) is 0 Å². The Morgan fingerprint density at radius 2 is 1.93 bits per heavy atom. The maximum absolute atomic E-state index is 5.77. The van der Waals surface area contributed by atoms with E-state index in [2.05, 4.69) is 0 Å². The Morgan fingerprint density at radius 3 is 2.50 bits per heavy atom. The molecule has 2 nitrogen and oxygen atoms in total. The molecule has 72 valence electrons. The lowest BCUT2D eigenvalue weighted by atomic mass is 10.3. The molecule has 0 atom stereocenters. The van der Waals surface area contributed by atoms with Crippen LogP contribution in [0.25, 0.3) is 0 Å². The van der Waals surface area contributed by atoms with Crippen LogP contribution in [-0.4, -0.2) is 0 Å². The molecule has 3 heteroatoms. The van der Waals surface area contributed by atoms with Crippen molar-refractivity contribution in [1.82, 2.24) is 0 Å². The first-order chi connectivity index (χ1) is 6.75. The Balaban J connectivity index is 2.23. The average Bonchev–Trinajstić information content (AvgIpc) is 2.47. The molecule has 0 bridgehead atoms. The van der Waals surface area contributed by atoms with Crippen LogP contribution in [0.15, 0.2) is 36.4 Å². The molecule has 1 aromatic carbocycles. The van der Waals surface area contributed by atoms with Crippen LogP contribution in [0.5, 0.6) is 10.8 Å². The van der Waals surface area contributed by atoms with Gasteiger partial charge >= 0.3 is 0 Å². The third-order valence-electron chi connectivity index (χ3n) is 1.80. The zero-order chi connectivity index (χ0) is 9.97. The molecule has 0 aliphatic heterocycles. The lowest BCUT2D eigenvalue weighted by molar-refractivity contribution is 0.499. The van der Waals surface area contributed by atoms with Gasteiger partial charge in [-0.1, -0.05) is 18.2 Å². The summed E-state index contributed by atoms with van der Waals surface area (Å²) < 4.78 is 5.62. The van der Waals surface area contributed by atoms with E-state index in [1.54, 1.807) is 11.3 Å². The third kappa shape index (κ3) is 1.88. The first-order valence-electron chi connectivity index (χ1n) is 4.34. The predicted octanol–water partition coefficient (Wildman–Crippen LogP) is 3.43. The number of para-hydroxylation sites is 1. The Bertz CT molecular complexity index is 422. The van der Waals surface area contributed by atoms with Crippen molar-refractivity contribution in [2.75, 3.05) is 5.73 Å². The first kappa shape index (κ1) is 9.09. The van der Waals surface area contributed by atoms with E-state index < -0.39 is 0 Å². The summed E-state index contributed by atoms with van der Waals surface area (Å²) in [5.41, 5.74) is 6.48. The van der Waals surface area contributed by atoms with Gasteiger partial charge in [-0.2, -0.15) is 0 Å². The molecule has 0 fully saturated rings. The number of nitrogens with two attached hydrogens (primary N) is 1. The number of anilines is 1. The van der Waals surface area contributed by atoms with Gasteiger partial charge in [0.2, 0.25) is 5.06 Å². The summed E-state index contributed by atoms with van der Waals surface area (Å²) in [6.07, 6.45) is 0. The summed E-state index contributed by atoms with van der Waals surface area (Å²) in [4.78, 5) is 1.16. The Kier molecular flexibility index (Phi) is 2.41. The van der Waals surface area contributed by atoms with Crippen molar-refractivity contribution >= 4 is 17.0 Å². The molecule has 0 saturated heterocycles. The second kappa shape index (κ2) is 3.72. The van der Waals surface area contributed by atoms with Crippen LogP contribution in [0.1, 0.15) is 4.88 Å². The van der Waals surface area contributed by atoms with E-state index in [9.17, 15) is 0 Å². The van der Waals surface area contributed by atoms with Crippen LogP contribution in [-0.2, 0) is 0 Å². The SMILES string of the molecule is Cc1cc(N)c(Oc2ccccc2)s1. The van der Waals surface area contributed by atoms with Crippen molar-refractivity contribution in [1.29, 1.82) is 0 Å². The maximum Gasteiger partial charge on any atom is 0.204 e. The second-order valence-corrected chi connectivity index (χ2v) is 4.23. The molecule has 14 heavy (non-hydrogen) atoms. The summed E-state index contributed by atoms with van der Waals surface area (Å²) in [7, 11) is 0. The van der Waals surface area contributed by atoms with Crippen LogP contribution >= 0.6 is 11.3 Å². The van der Waals surface area contributed by atoms with Gasteiger partial charge in [0.15, 0.2) is 0 Å². The van der Waals surface area contributed by atoms with Crippen molar-refractivity contribution in [3.63, 3.8) is 0 Å². The monoisotopic (exact) mass is 205 g/mol. The van der Waals surface area contributed by atoms with E-state index in [1.807, 2.05) is 43.3 Å². The van der Waals surface area contributed by atoms with E-state index in [-0.39, 0.29) is 0 Å². The zero-order valence-corrected chi connectivity index (χ0v) is 8.67. The number of hydrogen-bond acceptors (Lipinski definition) is 3. The largest absolute Gasteiger partial charge is 0.444 e. The number of hydrogen-bond donors (Lipinski definition) is 1. The van der Waals surface area contributed by atoms with Crippen molar-refractivity contribution in [2.24, 2.45) is 0 Å². The highest BCUT2D eigenvalue weighted by Crippen LogP contribution is 2.35. The fraction of sp³-hybridized carbons (Fsp3) is 0.0909. The Labute approximate surface area is 86.9 Å². The van der Waals surface area contributed by atoms with Crippen LogP contribution in [0.2, 0.25) is 0 Å². The van der Waals surface area contributed by atoms with Gasteiger partial charge in [0.05, 0.1) is 5.69 Å². The molecule has 1 aromatic heterocycles. The van der Waals surface area contributed by atoms with Gasteiger partial charge in [0, 0.05) is 4.88 Å². The standard InChI is InChI=1S/C11H11NOS/c1-8-7-10(12)11(14-8)13-9-5-3-2-4-6-9/h2-7H,12H2,1H3. The minimum absolute atomic E-state index is 0.705. The number of ether oxygens (including phenoxy) is 1. The van der Waals surface area contributed by atoms with Gasteiger partial charge in [-0.15, -0.1) is 11.3 Å².